The molecule has 0 aliphatic heterocycles. The Morgan fingerprint density at radius 2 is 1.70 bits per heavy atom. The van der Waals surface area contributed by atoms with Crippen molar-refractivity contribution in [2.75, 3.05) is 7.05 Å². The Morgan fingerprint density at radius 3 is 2.25 bits per heavy atom. The Kier molecular flexibility index (Phi) is 4.41. The first-order valence-corrected chi connectivity index (χ1v) is 6.71. The number of hydrogen-bond donors (Lipinski definition) is 1. The first kappa shape index (κ1) is 14.9. The first-order chi connectivity index (χ1) is 9.45. The molecule has 0 bridgehead atoms. The fourth-order valence-electron chi connectivity index (χ4n) is 2.58. The summed E-state index contributed by atoms with van der Waals surface area (Å²) in [7, 11) is 1.77. The van der Waals surface area contributed by atoms with Gasteiger partial charge >= 0.3 is 0 Å². The molecule has 0 saturated heterocycles. The van der Waals surface area contributed by atoms with Crippen LogP contribution in [0.25, 0.3) is 0 Å². The summed E-state index contributed by atoms with van der Waals surface area (Å²) < 4.78 is 27.1. The normalized spacial score (nSPS) is 12.5. The summed E-state index contributed by atoms with van der Waals surface area (Å²) in [6.07, 6.45) is 0. The minimum Gasteiger partial charge on any atom is -0.309 e. The lowest BCUT2D eigenvalue weighted by Crippen LogP contribution is -2.20. The third kappa shape index (κ3) is 2.69. The number of halogens is 3. The van der Waals surface area contributed by atoms with Crippen LogP contribution < -0.4 is 5.32 Å². The largest absolute Gasteiger partial charge is 0.309 e. The van der Waals surface area contributed by atoms with Gasteiger partial charge in [0.2, 0.25) is 0 Å². The minimum absolute atomic E-state index is 0.0926. The number of benzene rings is 2. The maximum Gasteiger partial charge on any atom is 0.142 e. The molecule has 4 heteroatoms. The van der Waals surface area contributed by atoms with Crippen molar-refractivity contribution in [2.24, 2.45) is 0 Å². The highest BCUT2D eigenvalue weighted by Gasteiger charge is 2.21. The van der Waals surface area contributed by atoms with Crippen LogP contribution in [0.15, 0.2) is 30.3 Å². The standard InChI is InChI=1S/C16H16ClF2N/c1-9-7-11(18)8-10(2)14(9)16(20-3)12-5-4-6-13(19)15(12)17/h4-8,16,20H,1-3H3. The highest BCUT2D eigenvalue weighted by Crippen LogP contribution is 2.33. The second-order valence-corrected chi connectivity index (χ2v) is 5.20. The van der Waals surface area contributed by atoms with Gasteiger partial charge in [0.1, 0.15) is 11.6 Å². The molecule has 106 valence electrons. The molecule has 0 aromatic heterocycles. The summed E-state index contributed by atoms with van der Waals surface area (Å²) in [5, 5.41) is 3.22. The van der Waals surface area contributed by atoms with E-state index in [1.807, 2.05) is 13.8 Å². The van der Waals surface area contributed by atoms with Crippen molar-refractivity contribution in [2.45, 2.75) is 19.9 Å². The summed E-state index contributed by atoms with van der Waals surface area (Å²) in [5.41, 5.74) is 3.18. The molecule has 2 aromatic carbocycles. The molecule has 0 heterocycles. The highest BCUT2D eigenvalue weighted by molar-refractivity contribution is 6.31. The molecule has 0 spiro atoms. The predicted octanol–water partition coefficient (Wildman–Crippen LogP) is 4.54. The van der Waals surface area contributed by atoms with E-state index in [-0.39, 0.29) is 16.9 Å². The van der Waals surface area contributed by atoms with Crippen LogP contribution in [0.3, 0.4) is 0 Å². The monoisotopic (exact) mass is 295 g/mol. The molecule has 0 aliphatic rings. The number of nitrogens with one attached hydrogen (secondary N) is 1. The Balaban J connectivity index is 2.62. The van der Waals surface area contributed by atoms with Crippen LogP contribution in [0.5, 0.6) is 0 Å². The summed E-state index contributed by atoms with van der Waals surface area (Å²) in [6, 6.07) is 7.38. The van der Waals surface area contributed by atoms with Gasteiger partial charge in [0.15, 0.2) is 0 Å². The van der Waals surface area contributed by atoms with Crippen LogP contribution in [-0.2, 0) is 0 Å². The van der Waals surface area contributed by atoms with Gasteiger partial charge in [0, 0.05) is 0 Å². The second-order valence-electron chi connectivity index (χ2n) is 4.82. The maximum atomic E-state index is 13.6. The van der Waals surface area contributed by atoms with Gasteiger partial charge < -0.3 is 5.32 Å². The lowest BCUT2D eigenvalue weighted by atomic mass is 9.91. The van der Waals surface area contributed by atoms with E-state index < -0.39 is 5.82 Å². The fraction of sp³-hybridized carbons (Fsp3) is 0.250. The van der Waals surface area contributed by atoms with E-state index in [4.69, 9.17) is 11.6 Å². The van der Waals surface area contributed by atoms with Crippen molar-refractivity contribution in [1.82, 2.24) is 5.32 Å². The van der Waals surface area contributed by atoms with E-state index in [2.05, 4.69) is 5.32 Å². The predicted molar refractivity (Wildman–Crippen MR) is 78.2 cm³/mol. The summed E-state index contributed by atoms with van der Waals surface area (Å²) in [5.74, 6) is -0.731. The topological polar surface area (TPSA) is 12.0 Å². The summed E-state index contributed by atoms with van der Waals surface area (Å²) in [4.78, 5) is 0. The molecule has 20 heavy (non-hydrogen) atoms. The molecule has 0 amide bonds. The van der Waals surface area contributed by atoms with E-state index in [1.165, 1.54) is 18.2 Å². The van der Waals surface area contributed by atoms with Crippen molar-refractivity contribution >= 4 is 11.6 Å². The molecule has 1 unspecified atom stereocenters. The van der Waals surface area contributed by atoms with Gasteiger partial charge in [-0.15, -0.1) is 0 Å². The average Bonchev–Trinajstić information content (AvgIpc) is 2.37. The van der Waals surface area contributed by atoms with E-state index >= 15 is 0 Å². The van der Waals surface area contributed by atoms with Crippen molar-refractivity contribution in [3.8, 4) is 0 Å². The summed E-state index contributed by atoms with van der Waals surface area (Å²) in [6.45, 7) is 3.67. The van der Waals surface area contributed by atoms with Crippen LogP contribution >= 0.6 is 11.6 Å². The Bertz CT molecular complexity index is 617. The Morgan fingerprint density at radius 1 is 1.10 bits per heavy atom. The van der Waals surface area contributed by atoms with Crippen LogP contribution in [0.2, 0.25) is 5.02 Å². The molecule has 2 aromatic rings. The van der Waals surface area contributed by atoms with E-state index in [0.29, 0.717) is 5.56 Å². The van der Waals surface area contributed by atoms with E-state index in [9.17, 15) is 8.78 Å². The molecule has 1 atom stereocenters. The van der Waals surface area contributed by atoms with Crippen LogP contribution in [-0.4, -0.2) is 7.05 Å². The lowest BCUT2D eigenvalue weighted by Gasteiger charge is -2.23. The van der Waals surface area contributed by atoms with Gasteiger partial charge in [-0.05, 0) is 61.3 Å². The zero-order chi connectivity index (χ0) is 14.9. The average molecular weight is 296 g/mol. The molecule has 1 nitrogen and oxygen atoms in total. The third-order valence-electron chi connectivity index (χ3n) is 3.43. The van der Waals surface area contributed by atoms with Crippen LogP contribution in [0.1, 0.15) is 28.3 Å². The van der Waals surface area contributed by atoms with Crippen molar-refractivity contribution in [3.05, 3.63) is 69.2 Å². The molecule has 2 rings (SSSR count). The lowest BCUT2D eigenvalue weighted by molar-refractivity contribution is 0.610. The second kappa shape index (κ2) is 5.90. The number of rotatable bonds is 3. The minimum atomic E-state index is -0.457. The maximum absolute atomic E-state index is 13.6. The molecular weight excluding hydrogens is 280 g/mol. The van der Waals surface area contributed by atoms with Crippen molar-refractivity contribution in [3.63, 3.8) is 0 Å². The number of hydrogen-bond acceptors (Lipinski definition) is 1. The SMILES string of the molecule is CNC(c1cccc(F)c1Cl)c1c(C)cc(F)cc1C. The summed E-state index contributed by atoms with van der Waals surface area (Å²) >= 11 is 6.06. The third-order valence-corrected chi connectivity index (χ3v) is 3.83. The zero-order valence-electron chi connectivity index (χ0n) is 11.6. The molecule has 0 fully saturated rings. The fourth-order valence-corrected chi connectivity index (χ4v) is 2.81. The molecule has 1 N–H and O–H groups in total. The Hall–Kier alpha value is -1.45. The highest BCUT2D eigenvalue weighted by atomic mass is 35.5. The van der Waals surface area contributed by atoms with E-state index in [0.717, 1.165) is 16.7 Å². The molecular formula is C16H16ClF2N. The first-order valence-electron chi connectivity index (χ1n) is 6.33. The van der Waals surface area contributed by atoms with E-state index in [1.54, 1.807) is 19.2 Å². The Labute approximate surface area is 122 Å². The van der Waals surface area contributed by atoms with Gasteiger partial charge in [-0.25, -0.2) is 8.78 Å². The van der Waals surface area contributed by atoms with Gasteiger partial charge in [-0.1, -0.05) is 23.7 Å². The van der Waals surface area contributed by atoms with Gasteiger partial charge in [0.05, 0.1) is 11.1 Å². The van der Waals surface area contributed by atoms with Gasteiger partial charge in [-0.3, -0.25) is 0 Å². The smallest absolute Gasteiger partial charge is 0.142 e. The van der Waals surface area contributed by atoms with Gasteiger partial charge in [-0.2, -0.15) is 0 Å². The molecule has 0 radical (unpaired) electrons. The van der Waals surface area contributed by atoms with Crippen LogP contribution in [0.4, 0.5) is 8.78 Å². The van der Waals surface area contributed by atoms with Gasteiger partial charge in [0.25, 0.3) is 0 Å². The number of aryl methyl sites for hydroxylation is 2. The molecule has 0 aliphatic carbocycles. The van der Waals surface area contributed by atoms with Crippen molar-refractivity contribution < 1.29 is 8.78 Å². The van der Waals surface area contributed by atoms with Crippen LogP contribution in [0, 0.1) is 25.5 Å². The zero-order valence-corrected chi connectivity index (χ0v) is 12.4. The molecule has 0 saturated carbocycles. The quantitative estimate of drug-likeness (QED) is 0.876. The van der Waals surface area contributed by atoms with Crippen molar-refractivity contribution in [1.29, 1.82) is 0 Å².